The van der Waals surface area contributed by atoms with Crippen molar-refractivity contribution < 1.29 is 9.59 Å². The minimum atomic E-state index is -0.358. The highest BCUT2D eigenvalue weighted by molar-refractivity contribution is 5.96. The molecule has 0 atom stereocenters. The van der Waals surface area contributed by atoms with Crippen molar-refractivity contribution in [3.05, 3.63) is 65.5 Å². The van der Waals surface area contributed by atoms with Crippen molar-refractivity contribution in [2.45, 2.75) is 32.9 Å². The Morgan fingerprint density at radius 1 is 1.00 bits per heavy atom. The van der Waals surface area contributed by atoms with Crippen molar-refractivity contribution in [3.63, 3.8) is 0 Å². The van der Waals surface area contributed by atoms with Gasteiger partial charge in [0.15, 0.2) is 0 Å². The zero-order valence-electron chi connectivity index (χ0n) is 14.5. The number of rotatable bonds is 4. The summed E-state index contributed by atoms with van der Waals surface area (Å²) in [5.41, 5.74) is 1.18. The van der Waals surface area contributed by atoms with Crippen LogP contribution in [0.1, 0.15) is 47.3 Å². The lowest BCUT2D eigenvalue weighted by Gasteiger charge is -2.20. The molecule has 0 fully saturated rings. The van der Waals surface area contributed by atoms with E-state index >= 15 is 0 Å². The highest BCUT2D eigenvalue weighted by atomic mass is 16.2. The summed E-state index contributed by atoms with van der Waals surface area (Å²) in [7, 11) is 1.72. The van der Waals surface area contributed by atoms with Gasteiger partial charge in [0.25, 0.3) is 11.8 Å². The maximum atomic E-state index is 12.5. The van der Waals surface area contributed by atoms with E-state index in [1.165, 1.54) is 0 Å². The van der Waals surface area contributed by atoms with Crippen LogP contribution in [-0.4, -0.2) is 34.3 Å². The summed E-state index contributed by atoms with van der Waals surface area (Å²) in [4.78, 5) is 30.5. The lowest BCUT2D eigenvalue weighted by molar-refractivity contribution is 0.0779. The second kappa shape index (κ2) is 7.25. The zero-order valence-corrected chi connectivity index (χ0v) is 14.5. The van der Waals surface area contributed by atoms with Crippen molar-refractivity contribution in [1.29, 1.82) is 0 Å². The smallest absolute Gasteiger partial charge is 0.272 e. The Kier molecular flexibility index (Phi) is 5.34. The van der Waals surface area contributed by atoms with Crippen LogP contribution in [0.25, 0.3) is 0 Å². The van der Waals surface area contributed by atoms with Crippen LogP contribution in [0.15, 0.2) is 48.5 Å². The quantitative estimate of drug-likeness (QED) is 0.940. The topological polar surface area (TPSA) is 62.3 Å². The van der Waals surface area contributed by atoms with Crippen LogP contribution in [0.4, 0.5) is 0 Å². The second-order valence-corrected chi connectivity index (χ2v) is 6.76. The Hall–Kier alpha value is -2.69. The van der Waals surface area contributed by atoms with Gasteiger partial charge in [-0.15, -0.1) is 0 Å². The van der Waals surface area contributed by atoms with Gasteiger partial charge in [0.2, 0.25) is 0 Å². The van der Waals surface area contributed by atoms with E-state index in [4.69, 9.17) is 0 Å². The summed E-state index contributed by atoms with van der Waals surface area (Å²) >= 11 is 0. The maximum Gasteiger partial charge on any atom is 0.272 e. The van der Waals surface area contributed by atoms with E-state index in [-0.39, 0.29) is 28.7 Å². The molecule has 1 N–H and O–H groups in total. The highest BCUT2D eigenvalue weighted by Gasteiger charge is 2.19. The van der Waals surface area contributed by atoms with E-state index in [2.05, 4.69) is 10.3 Å². The number of aromatic nitrogens is 1. The molecule has 0 saturated carbocycles. The molecule has 24 heavy (non-hydrogen) atoms. The summed E-state index contributed by atoms with van der Waals surface area (Å²) in [6.07, 6.45) is 0. The van der Waals surface area contributed by atoms with Crippen LogP contribution >= 0.6 is 0 Å². The molecule has 0 unspecified atom stereocenters. The van der Waals surface area contributed by atoms with Gasteiger partial charge in [-0.25, -0.2) is 4.98 Å². The van der Waals surface area contributed by atoms with E-state index in [0.717, 1.165) is 5.56 Å². The number of hydrogen-bond donors (Lipinski definition) is 1. The van der Waals surface area contributed by atoms with Gasteiger partial charge >= 0.3 is 0 Å². The number of nitrogens with one attached hydrogen (secondary N) is 1. The largest absolute Gasteiger partial charge is 0.346 e. The van der Waals surface area contributed by atoms with E-state index < -0.39 is 0 Å². The van der Waals surface area contributed by atoms with Crippen LogP contribution < -0.4 is 5.32 Å². The normalized spacial score (nSPS) is 11.0. The van der Waals surface area contributed by atoms with E-state index in [0.29, 0.717) is 6.54 Å². The maximum absolute atomic E-state index is 12.5. The molecule has 0 aliphatic carbocycles. The molecule has 1 heterocycles. The Morgan fingerprint density at radius 2 is 1.62 bits per heavy atom. The third-order valence-electron chi connectivity index (χ3n) is 3.30. The standard InChI is InChI=1S/C19H23N3O2/c1-19(2,3)21-17(23)15-11-8-12-16(20-15)18(24)22(4)13-14-9-6-5-7-10-14/h5-12H,13H2,1-4H3,(H,21,23). The second-order valence-electron chi connectivity index (χ2n) is 6.76. The Labute approximate surface area is 142 Å². The van der Waals surface area contributed by atoms with Gasteiger partial charge in [0.1, 0.15) is 11.4 Å². The number of hydrogen-bond acceptors (Lipinski definition) is 3. The molecule has 0 spiro atoms. The molecule has 1 aromatic heterocycles. The van der Waals surface area contributed by atoms with Gasteiger partial charge in [0.05, 0.1) is 0 Å². The van der Waals surface area contributed by atoms with Gasteiger partial charge in [0, 0.05) is 19.1 Å². The fourth-order valence-electron chi connectivity index (χ4n) is 2.21. The Balaban J connectivity index is 2.12. The number of benzene rings is 1. The first kappa shape index (κ1) is 17.7. The number of amides is 2. The fourth-order valence-corrected chi connectivity index (χ4v) is 2.21. The molecular weight excluding hydrogens is 302 g/mol. The van der Waals surface area contributed by atoms with Gasteiger partial charge in [-0.3, -0.25) is 9.59 Å². The minimum Gasteiger partial charge on any atom is -0.346 e. The summed E-state index contributed by atoms with van der Waals surface area (Å²) < 4.78 is 0. The lowest BCUT2D eigenvalue weighted by atomic mass is 10.1. The molecule has 0 radical (unpaired) electrons. The third kappa shape index (κ3) is 4.91. The molecule has 5 heteroatoms. The first-order chi connectivity index (χ1) is 11.3. The molecular formula is C19H23N3O2. The van der Waals surface area contributed by atoms with Crippen LogP contribution in [-0.2, 0) is 6.54 Å². The average Bonchev–Trinajstić information content (AvgIpc) is 2.53. The fraction of sp³-hybridized carbons (Fsp3) is 0.316. The summed E-state index contributed by atoms with van der Waals surface area (Å²) in [5.74, 6) is -0.507. The van der Waals surface area contributed by atoms with E-state index in [9.17, 15) is 9.59 Å². The van der Waals surface area contributed by atoms with Crippen molar-refractivity contribution in [1.82, 2.24) is 15.2 Å². The first-order valence-corrected chi connectivity index (χ1v) is 7.85. The minimum absolute atomic E-state index is 0.218. The molecule has 0 bridgehead atoms. The van der Waals surface area contributed by atoms with Gasteiger partial charge in [-0.05, 0) is 38.5 Å². The molecule has 0 aliphatic rings. The molecule has 2 aromatic rings. The van der Waals surface area contributed by atoms with Gasteiger partial charge in [-0.1, -0.05) is 36.4 Å². The number of carbonyl (C=O) groups is 2. The molecule has 1 aromatic carbocycles. The highest BCUT2D eigenvalue weighted by Crippen LogP contribution is 2.09. The van der Waals surface area contributed by atoms with Crippen LogP contribution in [0.5, 0.6) is 0 Å². The number of nitrogens with zero attached hydrogens (tertiary/aromatic N) is 2. The van der Waals surface area contributed by atoms with Crippen molar-refractivity contribution in [2.75, 3.05) is 7.05 Å². The molecule has 126 valence electrons. The molecule has 0 aliphatic heterocycles. The van der Waals surface area contributed by atoms with Gasteiger partial charge < -0.3 is 10.2 Å². The van der Waals surface area contributed by atoms with E-state index in [1.54, 1.807) is 30.1 Å². The lowest BCUT2D eigenvalue weighted by Crippen LogP contribution is -2.41. The Bertz CT molecular complexity index is 721. The third-order valence-corrected chi connectivity index (χ3v) is 3.30. The van der Waals surface area contributed by atoms with E-state index in [1.807, 2.05) is 51.1 Å². The average molecular weight is 325 g/mol. The van der Waals surface area contributed by atoms with Crippen LogP contribution in [0.3, 0.4) is 0 Å². The Morgan fingerprint density at radius 3 is 2.25 bits per heavy atom. The SMILES string of the molecule is CN(Cc1ccccc1)C(=O)c1cccc(C(=O)NC(C)(C)C)n1. The molecule has 2 rings (SSSR count). The predicted octanol–water partition coefficient (Wildman–Crippen LogP) is 2.88. The van der Waals surface area contributed by atoms with Crippen molar-refractivity contribution >= 4 is 11.8 Å². The summed E-state index contributed by atoms with van der Waals surface area (Å²) in [6, 6.07) is 14.6. The summed E-state index contributed by atoms with van der Waals surface area (Å²) in [6.45, 7) is 6.17. The van der Waals surface area contributed by atoms with Crippen molar-refractivity contribution in [3.8, 4) is 0 Å². The predicted molar refractivity (Wildman–Crippen MR) is 93.7 cm³/mol. The van der Waals surface area contributed by atoms with Crippen LogP contribution in [0, 0.1) is 0 Å². The first-order valence-electron chi connectivity index (χ1n) is 7.85. The molecule has 5 nitrogen and oxygen atoms in total. The molecule has 0 saturated heterocycles. The number of carbonyl (C=O) groups excluding carboxylic acids is 2. The summed E-state index contributed by atoms with van der Waals surface area (Å²) in [5, 5.41) is 2.84. The van der Waals surface area contributed by atoms with Crippen molar-refractivity contribution in [2.24, 2.45) is 0 Å². The zero-order chi connectivity index (χ0) is 17.7. The molecule has 2 amide bonds. The monoisotopic (exact) mass is 325 g/mol. The van der Waals surface area contributed by atoms with Gasteiger partial charge in [-0.2, -0.15) is 0 Å². The van der Waals surface area contributed by atoms with Crippen LogP contribution in [0.2, 0.25) is 0 Å². The number of pyridine rings is 1.